The highest BCUT2D eigenvalue weighted by Gasteiger charge is 2.22. The van der Waals surface area contributed by atoms with Gasteiger partial charge in [-0.05, 0) is 54.5 Å². The van der Waals surface area contributed by atoms with E-state index in [1.165, 1.54) is 17.1 Å². The van der Waals surface area contributed by atoms with Gasteiger partial charge in [0, 0.05) is 32.7 Å². The molecule has 0 saturated carbocycles. The number of anilines is 1. The van der Waals surface area contributed by atoms with Crippen molar-refractivity contribution in [2.75, 3.05) is 31.6 Å². The topological polar surface area (TPSA) is 82.7 Å². The minimum absolute atomic E-state index is 0.294. The third-order valence-corrected chi connectivity index (χ3v) is 6.12. The molecule has 1 aliphatic heterocycles. The number of benzene rings is 1. The summed E-state index contributed by atoms with van der Waals surface area (Å²) >= 11 is 1.77. The summed E-state index contributed by atoms with van der Waals surface area (Å²) in [4.78, 5) is 18.5. The molecule has 156 valence electrons. The number of halogens is 1. The number of carbonyl (C=O) groups excluding carboxylic acids is 1. The molecule has 1 aromatic heterocycles. The summed E-state index contributed by atoms with van der Waals surface area (Å²) < 4.78 is 13.1. The van der Waals surface area contributed by atoms with E-state index in [1.807, 2.05) is 0 Å². The fourth-order valence-corrected chi connectivity index (χ4v) is 4.27. The van der Waals surface area contributed by atoms with Crippen molar-refractivity contribution in [2.45, 2.75) is 25.3 Å². The number of hydrogen-bond acceptors (Lipinski definition) is 4. The van der Waals surface area contributed by atoms with Crippen LogP contribution >= 0.6 is 11.3 Å². The van der Waals surface area contributed by atoms with E-state index in [1.54, 1.807) is 30.5 Å². The second-order valence-electron chi connectivity index (χ2n) is 7.24. The fourth-order valence-electron chi connectivity index (χ4n) is 3.48. The third kappa shape index (κ3) is 6.19. The lowest BCUT2D eigenvalue weighted by Crippen LogP contribution is -2.50. The number of guanidine groups is 1. The van der Waals surface area contributed by atoms with Crippen LogP contribution in [0.4, 0.5) is 9.39 Å². The van der Waals surface area contributed by atoms with Crippen molar-refractivity contribution in [3.05, 3.63) is 53.2 Å². The summed E-state index contributed by atoms with van der Waals surface area (Å²) in [6.45, 7) is 2.38. The number of rotatable bonds is 7. The van der Waals surface area contributed by atoms with Crippen molar-refractivity contribution in [1.82, 2.24) is 10.6 Å². The fraction of sp³-hybridized carbons (Fsp3) is 0.429. The van der Waals surface area contributed by atoms with Crippen LogP contribution in [-0.4, -0.2) is 44.6 Å². The van der Waals surface area contributed by atoms with Crippen LogP contribution in [0.1, 0.15) is 18.4 Å². The lowest BCUT2D eigenvalue weighted by molar-refractivity contribution is -0.121. The molecular weight excluding hydrogens is 389 g/mol. The number of nitrogens with two attached hydrogens (primary N) is 1. The Balaban J connectivity index is 1.47. The van der Waals surface area contributed by atoms with Crippen molar-refractivity contribution >= 4 is 28.2 Å². The smallest absolute Gasteiger partial charge is 0.222 e. The van der Waals surface area contributed by atoms with E-state index in [0.717, 1.165) is 31.5 Å². The molecule has 1 amide bonds. The van der Waals surface area contributed by atoms with E-state index in [-0.39, 0.29) is 11.7 Å². The lowest BCUT2D eigenvalue weighted by Gasteiger charge is -2.33. The molecule has 1 unspecified atom stereocenters. The predicted molar refractivity (Wildman–Crippen MR) is 117 cm³/mol. The molecule has 1 aliphatic rings. The first-order chi connectivity index (χ1) is 14.0. The molecule has 0 bridgehead atoms. The van der Waals surface area contributed by atoms with Crippen molar-refractivity contribution in [3.63, 3.8) is 0 Å². The normalized spacial score (nSPS) is 16.5. The maximum atomic E-state index is 13.1. The highest BCUT2D eigenvalue weighted by molar-refractivity contribution is 7.14. The van der Waals surface area contributed by atoms with E-state index < -0.39 is 5.92 Å². The van der Waals surface area contributed by atoms with E-state index in [4.69, 9.17) is 5.73 Å². The van der Waals surface area contributed by atoms with Gasteiger partial charge in [-0.1, -0.05) is 12.1 Å². The summed E-state index contributed by atoms with van der Waals surface area (Å²) in [7, 11) is 1.72. The van der Waals surface area contributed by atoms with Crippen LogP contribution in [0.2, 0.25) is 0 Å². The van der Waals surface area contributed by atoms with Gasteiger partial charge in [0.2, 0.25) is 5.91 Å². The molecule has 3 rings (SSSR count). The zero-order valence-electron chi connectivity index (χ0n) is 16.6. The minimum atomic E-state index is -0.403. The van der Waals surface area contributed by atoms with Gasteiger partial charge in [-0.15, -0.1) is 11.3 Å². The SMILES string of the molecule is CN=C(NCC(Cc1ccc(F)cc1)C(N)=O)NC1CCN(c2cccs2)CC1. The maximum Gasteiger partial charge on any atom is 0.222 e. The number of thiophene rings is 1. The molecule has 29 heavy (non-hydrogen) atoms. The summed E-state index contributed by atoms with van der Waals surface area (Å²) in [6, 6.07) is 10.7. The quantitative estimate of drug-likeness (QED) is 0.477. The number of nitrogens with one attached hydrogen (secondary N) is 2. The average Bonchev–Trinajstić information content (AvgIpc) is 3.26. The molecule has 0 aliphatic carbocycles. The van der Waals surface area contributed by atoms with Gasteiger partial charge in [0.15, 0.2) is 5.96 Å². The highest BCUT2D eigenvalue weighted by Crippen LogP contribution is 2.24. The number of carbonyl (C=O) groups is 1. The number of aliphatic imine (C=N–C) groups is 1. The Morgan fingerprint density at radius 1 is 1.31 bits per heavy atom. The highest BCUT2D eigenvalue weighted by atomic mass is 32.1. The summed E-state index contributed by atoms with van der Waals surface area (Å²) in [5.74, 6) is -0.414. The Morgan fingerprint density at radius 3 is 2.62 bits per heavy atom. The van der Waals surface area contributed by atoms with Crippen LogP contribution in [-0.2, 0) is 11.2 Å². The van der Waals surface area contributed by atoms with Crippen LogP contribution in [0.25, 0.3) is 0 Å². The number of nitrogens with zero attached hydrogens (tertiary/aromatic N) is 2. The predicted octanol–water partition coefficient (Wildman–Crippen LogP) is 2.37. The minimum Gasteiger partial charge on any atom is -0.369 e. The molecule has 1 aromatic carbocycles. The number of primary amides is 1. The largest absolute Gasteiger partial charge is 0.369 e. The zero-order valence-corrected chi connectivity index (χ0v) is 17.4. The number of hydrogen-bond donors (Lipinski definition) is 3. The van der Waals surface area contributed by atoms with Crippen molar-refractivity contribution in [2.24, 2.45) is 16.6 Å². The van der Waals surface area contributed by atoms with E-state index >= 15 is 0 Å². The van der Waals surface area contributed by atoms with Crippen molar-refractivity contribution < 1.29 is 9.18 Å². The van der Waals surface area contributed by atoms with Crippen LogP contribution in [0.15, 0.2) is 46.8 Å². The summed E-state index contributed by atoms with van der Waals surface area (Å²) in [5.41, 5.74) is 6.45. The Kier molecular flexibility index (Phi) is 7.46. The van der Waals surface area contributed by atoms with Gasteiger partial charge in [-0.2, -0.15) is 0 Å². The van der Waals surface area contributed by atoms with E-state index in [0.29, 0.717) is 25.0 Å². The Labute approximate surface area is 175 Å². The molecule has 0 spiro atoms. The Bertz CT molecular complexity index is 801. The molecule has 8 heteroatoms. The number of piperidine rings is 1. The lowest BCUT2D eigenvalue weighted by atomic mass is 9.98. The monoisotopic (exact) mass is 417 g/mol. The summed E-state index contributed by atoms with van der Waals surface area (Å²) in [5, 5.41) is 10.1. The van der Waals surface area contributed by atoms with Gasteiger partial charge in [-0.25, -0.2) is 4.39 Å². The standard InChI is InChI=1S/C21H28FN5OS/c1-24-21(26-18-8-10-27(11-9-18)19-3-2-12-29-19)25-14-16(20(23)28)13-15-4-6-17(22)7-5-15/h2-7,12,16,18H,8-11,13-14H2,1H3,(H2,23,28)(H2,24,25,26). The molecule has 0 radical (unpaired) electrons. The third-order valence-electron chi connectivity index (χ3n) is 5.19. The van der Waals surface area contributed by atoms with Gasteiger partial charge in [-0.3, -0.25) is 9.79 Å². The Morgan fingerprint density at radius 2 is 2.03 bits per heavy atom. The van der Waals surface area contributed by atoms with Crippen LogP contribution in [0, 0.1) is 11.7 Å². The maximum absolute atomic E-state index is 13.1. The first kappa shape index (κ1) is 21.1. The van der Waals surface area contributed by atoms with Gasteiger partial charge < -0.3 is 21.3 Å². The molecule has 1 fully saturated rings. The van der Waals surface area contributed by atoms with Gasteiger partial charge in [0.1, 0.15) is 5.82 Å². The Hall–Kier alpha value is -2.61. The average molecular weight is 418 g/mol. The second-order valence-corrected chi connectivity index (χ2v) is 8.17. The summed E-state index contributed by atoms with van der Waals surface area (Å²) in [6.07, 6.45) is 2.50. The molecule has 4 N–H and O–H groups in total. The van der Waals surface area contributed by atoms with Crippen LogP contribution in [0.3, 0.4) is 0 Å². The van der Waals surface area contributed by atoms with Gasteiger partial charge in [0.05, 0.1) is 10.9 Å². The van der Waals surface area contributed by atoms with Crippen LogP contribution in [0.5, 0.6) is 0 Å². The molecule has 6 nitrogen and oxygen atoms in total. The second kappa shape index (κ2) is 10.2. The van der Waals surface area contributed by atoms with Crippen molar-refractivity contribution in [1.29, 1.82) is 0 Å². The van der Waals surface area contributed by atoms with E-state index in [2.05, 4.69) is 38.0 Å². The first-order valence-corrected chi connectivity index (χ1v) is 10.7. The molecule has 1 atom stereocenters. The molecule has 1 saturated heterocycles. The molecular formula is C21H28FN5OS. The van der Waals surface area contributed by atoms with Gasteiger partial charge >= 0.3 is 0 Å². The molecule has 2 heterocycles. The van der Waals surface area contributed by atoms with Gasteiger partial charge in [0.25, 0.3) is 0 Å². The molecule has 2 aromatic rings. The van der Waals surface area contributed by atoms with Crippen LogP contribution < -0.4 is 21.3 Å². The zero-order chi connectivity index (χ0) is 20.6. The first-order valence-electron chi connectivity index (χ1n) is 9.84. The number of amides is 1. The van der Waals surface area contributed by atoms with Crippen molar-refractivity contribution in [3.8, 4) is 0 Å². The van der Waals surface area contributed by atoms with E-state index in [9.17, 15) is 9.18 Å².